The van der Waals surface area contributed by atoms with Gasteiger partial charge in [0.15, 0.2) is 0 Å². The van der Waals surface area contributed by atoms with Crippen LogP contribution >= 0.6 is 0 Å². The van der Waals surface area contributed by atoms with Gasteiger partial charge in [0, 0.05) is 32.0 Å². The van der Waals surface area contributed by atoms with Crippen molar-refractivity contribution >= 4 is 0 Å². The first-order chi connectivity index (χ1) is 9.24. The Balaban J connectivity index is 1.80. The van der Waals surface area contributed by atoms with E-state index in [1.807, 2.05) is 0 Å². The molecular formula is C14H23N3O2. The molecule has 1 N–H and O–H groups in total. The molecule has 0 spiro atoms. The summed E-state index contributed by atoms with van der Waals surface area (Å²) in [5.41, 5.74) is 0.915. The lowest BCUT2D eigenvalue weighted by atomic mass is 10.0. The van der Waals surface area contributed by atoms with E-state index in [-0.39, 0.29) is 0 Å². The highest BCUT2D eigenvalue weighted by Crippen LogP contribution is 2.16. The fraction of sp³-hybridized carbons (Fsp3) is 0.714. The number of hydrogen-bond donors (Lipinski definition) is 1. The molecule has 19 heavy (non-hydrogen) atoms. The van der Waals surface area contributed by atoms with Crippen molar-refractivity contribution in [3.8, 4) is 5.88 Å². The monoisotopic (exact) mass is 265 g/mol. The van der Waals surface area contributed by atoms with E-state index in [1.54, 1.807) is 12.4 Å². The molecule has 2 heterocycles. The molecule has 0 unspecified atom stereocenters. The van der Waals surface area contributed by atoms with Crippen molar-refractivity contribution in [3.05, 3.63) is 18.1 Å². The van der Waals surface area contributed by atoms with Gasteiger partial charge in [-0.25, -0.2) is 4.98 Å². The van der Waals surface area contributed by atoms with Crippen molar-refractivity contribution < 1.29 is 9.47 Å². The lowest BCUT2D eigenvalue weighted by molar-refractivity contribution is 0.0489. The van der Waals surface area contributed by atoms with Gasteiger partial charge in [-0.3, -0.25) is 4.98 Å². The Morgan fingerprint density at radius 3 is 2.89 bits per heavy atom. The molecule has 1 saturated heterocycles. The SMILES string of the molecule is CC(C)NCc1cncc(OCC2CCOCC2)n1. The lowest BCUT2D eigenvalue weighted by Crippen LogP contribution is -2.23. The fourth-order valence-corrected chi connectivity index (χ4v) is 1.97. The summed E-state index contributed by atoms with van der Waals surface area (Å²) in [6.45, 7) is 7.34. The van der Waals surface area contributed by atoms with E-state index in [0.717, 1.165) is 38.3 Å². The number of nitrogens with one attached hydrogen (secondary N) is 1. The van der Waals surface area contributed by atoms with Crippen LogP contribution < -0.4 is 10.1 Å². The summed E-state index contributed by atoms with van der Waals surface area (Å²) in [6.07, 6.45) is 5.60. The van der Waals surface area contributed by atoms with Crippen LogP contribution in [0.5, 0.6) is 5.88 Å². The molecule has 0 bridgehead atoms. The van der Waals surface area contributed by atoms with Gasteiger partial charge < -0.3 is 14.8 Å². The largest absolute Gasteiger partial charge is 0.476 e. The summed E-state index contributed by atoms with van der Waals surface area (Å²) < 4.78 is 11.1. The Bertz CT molecular complexity index is 379. The minimum absolute atomic E-state index is 0.439. The van der Waals surface area contributed by atoms with Gasteiger partial charge in [-0.15, -0.1) is 0 Å². The maximum atomic E-state index is 5.74. The fourth-order valence-electron chi connectivity index (χ4n) is 1.97. The van der Waals surface area contributed by atoms with Crippen LogP contribution in [0.2, 0.25) is 0 Å². The van der Waals surface area contributed by atoms with Crippen molar-refractivity contribution in [1.82, 2.24) is 15.3 Å². The van der Waals surface area contributed by atoms with E-state index in [2.05, 4.69) is 29.1 Å². The second-order valence-corrected chi connectivity index (χ2v) is 5.25. The molecule has 1 aromatic rings. The Kier molecular flexibility index (Phi) is 5.54. The molecule has 1 aliphatic rings. The average molecular weight is 265 g/mol. The first kappa shape index (κ1) is 14.2. The van der Waals surface area contributed by atoms with Crippen molar-refractivity contribution in [1.29, 1.82) is 0 Å². The summed E-state index contributed by atoms with van der Waals surface area (Å²) in [7, 11) is 0. The maximum absolute atomic E-state index is 5.74. The smallest absolute Gasteiger partial charge is 0.232 e. The summed E-state index contributed by atoms with van der Waals surface area (Å²) in [5, 5.41) is 3.32. The van der Waals surface area contributed by atoms with E-state index in [1.165, 1.54) is 0 Å². The Morgan fingerprint density at radius 1 is 1.37 bits per heavy atom. The van der Waals surface area contributed by atoms with Crippen molar-refractivity contribution in [2.24, 2.45) is 5.92 Å². The quantitative estimate of drug-likeness (QED) is 0.849. The second-order valence-electron chi connectivity index (χ2n) is 5.25. The van der Waals surface area contributed by atoms with Crippen molar-refractivity contribution in [2.75, 3.05) is 19.8 Å². The first-order valence-corrected chi connectivity index (χ1v) is 6.99. The summed E-state index contributed by atoms with van der Waals surface area (Å²) in [5.74, 6) is 1.20. The van der Waals surface area contributed by atoms with Gasteiger partial charge in [-0.05, 0) is 18.8 Å². The molecule has 0 aromatic carbocycles. The number of ether oxygens (including phenoxy) is 2. The molecule has 0 amide bonds. The molecule has 5 heteroatoms. The summed E-state index contributed by atoms with van der Waals surface area (Å²) >= 11 is 0. The third kappa shape index (κ3) is 5.12. The molecule has 0 aliphatic carbocycles. The number of nitrogens with zero attached hydrogens (tertiary/aromatic N) is 2. The van der Waals surface area contributed by atoms with Gasteiger partial charge in [0.25, 0.3) is 0 Å². The zero-order valence-corrected chi connectivity index (χ0v) is 11.8. The highest BCUT2D eigenvalue weighted by atomic mass is 16.5. The molecule has 0 radical (unpaired) electrons. The van der Waals surface area contributed by atoms with Crippen LogP contribution in [-0.2, 0) is 11.3 Å². The molecule has 1 aromatic heterocycles. The third-order valence-corrected chi connectivity index (χ3v) is 3.16. The van der Waals surface area contributed by atoms with Crippen LogP contribution in [0.1, 0.15) is 32.4 Å². The van der Waals surface area contributed by atoms with Crippen LogP contribution in [-0.4, -0.2) is 35.8 Å². The molecule has 5 nitrogen and oxygen atoms in total. The predicted molar refractivity (Wildman–Crippen MR) is 73.0 cm³/mol. The third-order valence-electron chi connectivity index (χ3n) is 3.16. The Morgan fingerprint density at radius 2 is 2.16 bits per heavy atom. The minimum atomic E-state index is 0.439. The van der Waals surface area contributed by atoms with E-state index in [9.17, 15) is 0 Å². The summed E-state index contributed by atoms with van der Waals surface area (Å²) in [4.78, 5) is 8.62. The number of aromatic nitrogens is 2. The minimum Gasteiger partial charge on any atom is -0.476 e. The number of rotatable bonds is 6. The van der Waals surface area contributed by atoms with Crippen molar-refractivity contribution in [3.63, 3.8) is 0 Å². The van der Waals surface area contributed by atoms with Crippen LogP contribution in [0.15, 0.2) is 12.4 Å². The van der Waals surface area contributed by atoms with Gasteiger partial charge in [0.2, 0.25) is 5.88 Å². The Labute approximate surface area is 114 Å². The van der Waals surface area contributed by atoms with Crippen LogP contribution in [0, 0.1) is 5.92 Å². The summed E-state index contributed by atoms with van der Waals surface area (Å²) in [6, 6.07) is 0.439. The molecular weight excluding hydrogens is 242 g/mol. The van der Waals surface area contributed by atoms with Gasteiger partial charge in [-0.1, -0.05) is 13.8 Å². The number of hydrogen-bond acceptors (Lipinski definition) is 5. The molecule has 0 saturated carbocycles. The average Bonchev–Trinajstić information content (AvgIpc) is 2.44. The maximum Gasteiger partial charge on any atom is 0.232 e. The molecule has 106 valence electrons. The Hall–Kier alpha value is -1.20. The van der Waals surface area contributed by atoms with Crippen LogP contribution in [0.4, 0.5) is 0 Å². The van der Waals surface area contributed by atoms with Crippen LogP contribution in [0.3, 0.4) is 0 Å². The van der Waals surface area contributed by atoms with Gasteiger partial charge in [-0.2, -0.15) is 0 Å². The normalized spacial score (nSPS) is 16.8. The van der Waals surface area contributed by atoms with E-state index in [0.29, 0.717) is 24.4 Å². The van der Waals surface area contributed by atoms with Crippen molar-refractivity contribution in [2.45, 2.75) is 39.3 Å². The standard InChI is InChI=1S/C14H23N3O2/c1-11(2)16-8-13-7-15-9-14(17-13)19-10-12-3-5-18-6-4-12/h7,9,11-12,16H,3-6,8,10H2,1-2H3. The van der Waals surface area contributed by atoms with Gasteiger partial charge >= 0.3 is 0 Å². The zero-order valence-electron chi connectivity index (χ0n) is 11.8. The van der Waals surface area contributed by atoms with Gasteiger partial charge in [0.05, 0.1) is 18.5 Å². The van der Waals surface area contributed by atoms with E-state index < -0.39 is 0 Å². The first-order valence-electron chi connectivity index (χ1n) is 6.99. The molecule has 1 aliphatic heterocycles. The molecule has 1 fully saturated rings. The highest BCUT2D eigenvalue weighted by molar-refractivity contribution is 5.08. The molecule has 0 atom stereocenters. The highest BCUT2D eigenvalue weighted by Gasteiger charge is 2.14. The van der Waals surface area contributed by atoms with E-state index >= 15 is 0 Å². The van der Waals surface area contributed by atoms with Gasteiger partial charge in [0.1, 0.15) is 0 Å². The topological polar surface area (TPSA) is 56.3 Å². The second kappa shape index (κ2) is 7.40. The zero-order chi connectivity index (χ0) is 13.5. The molecule has 2 rings (SSSR count). The lowest BCUT2D eigenvalue weighted by Gasteiger charge is -2.21. The predicted octanol–water partition coefficient (Wildman–Crippen LogP) is 1.78. The van der Waals surface area contributed by atoms with E-state index in [4.69, 9.17) is 9.47 Å². The van der Waals surface area contributed by atoms with Crippen LogP contribution in [0.25, 0.3) is 0 Å².